The summed E-state index contributed by atoms with van der Waals surface area (Å²) in [5.41, 5.74) is 3.62. The lowest BCUT2D eigenvalue weighted by Gasteiger charge is -2.22. The molecule has 14 nitrogen and oxygen atoms in total. The number of aromatic nitrogens is 6. The first kappa shape index (κ1) is 41.3. The van der Waals surface area contributed by atoms with Gasteiger partial charge in [-0.3, -0.25) is 0 Å². The van der Waals surface area contributed by atoms with Crippen LogP contribution < -0.4 is 4.74 Å². The highest BCUT2D eigenvalue weighted by Gasteiger charge is 2.33. The van der Waals surface area contributed by atoms with Crippen molar-refractivity contribution in [1.29, 1.82) is 0 Å². The molecule has 0 saturated heterocycles. The number of hydrogen-bond acceptors (Lipinski definition) is 11. The Morgan fingerprint density at radius 2 is 1.62 bits per heavy atom. The van der Waals surface area contributed by atoms with E-state index in [0.717, 1.165) is 47.9 Å². The van der Waals surface area contributed by atoms with Gasteiger partial charge in [0.2, 0.25) is 5.88 Å². The first-order valence-electron chi connectivity index (χ1n) is 19.9. The zero-order valence-electron chi connectivity index (χ0n) is 33.8. The number of ether oxygens (including phenoxy) is 4. The third-order valence-corrected chi connectivity index (χ3v) is 10.1. The summed E-state index contributed by atoms with van der Waals surface area (Å²) < 4.78 is 24.8. The van der Waals surface area contributed by atoms with Crippen LogP contribution >= 0.6 is 0 Å². The molecule has 0 spiro atoms. The van der Waals surface area contributed by atoms with Gasteiger partial charge in [0.15, 0.2) is 18.1 Å². The summed E-state index contributed by atoms with van der Waals surface area (Å²) in [4.78, 5) is 56.5. The number of esters is 3. The average molecular weight is 791 g/mol. The third-order valence-electron chi connectivity index (χ3n) is 10.1. The fraction of sp³-hybridized carbons (Fsp3) is 0.386. The zero-order chi connectivity index (χ0) is 41.3. The fourth-order valence-electron chi connectivity index (χ4n) is 7.18. The van der Waals surface area contributed by atoms with Gasteiger partial charge in [-0.1, -0.05) is 107 Å². The minimum Gasteiger partial charge on any atom is -0.463 e. The predicted octanol–water partition coefficient (Wildman–Crippen LogP) is 8.99. The molecule has 1 N–H and O–H groups in total. The number of nitrogens with zero attached hydrogens (tertiary/aromatic N) is 5. The number of benzene rings is 3. The number of H-pyrrole nitrogens is 1. The number of hydrogen-bond donors (Lipinski definition) is 1. The van der Waals surface area contributed by atoms with E-state index in [1.807, 2.05) is 61.5 Å². The topological polar surface area (TPSA) is 169 Å². The largest absolute Gasteiger partial charge is 0.463 e. The number of carbonyl (C=O) groups excluding carboxylic acids is 4. The van der Waals surface area contributed by atoms with E-state index in [-0.39, 0.29) is 46.7 Å². The molecule has 58 heavy (non-hydrogen) atoms. The van der Waals surface area contributed by atoms with Gasteiger partial charge < -0.3 is 23.9 Å². The second-order valence-corrected chi connectivity index (χ2v) is 14.7. The molecule has 0 fully saturated rings. The Bertz CT molecular complexity index is 2390. The number of fused-ring (bicyclic) bond motifs is 2. The van der Waals surface area contributed by atoms with Crippen LogP contribution in [0.4, 0.5) is 4.79 Å². The van der Waals surface area contributed by atoms with Crippen LogP contribution in [0.25, 0.3) is 39.2 Å². The molecular weight excluding hydrogens is 741 g/mol. The highest BCUT2D eigenvalue weighted by Crippen LogP contribution is 2.40. The Balaban J connectivity index is 1.42. The van der Waals surface area contributed by atoms with Gasteiger partial charge in [0.25, 0.3) is 0 Å². The van der Waals surface area contributed by atoms with E-state index >= 15 is 0 Å². The molecule has 3 aromatic heterocycles. The summed E-state index contributed by atoms with van der Waals surface area (Å²) in [6.45, 7) is 11.8. The van der Waals surface area contributed by atoms with E-state index in [1.54, 1.807) is 6.92 Å². The van der Waals surface area contributed by atoms with Crippen molar-refractivity contribution in [3.8, 4) is 28.4 Å². The van der Waals surface area contributed by atoms with Gasteiger partial charge in [-0.15, -0.1) is 14.9 Å². The molecule has 14 heteroatoms. The van der Waals surface area contributed by atoms with Crippen LogP contribution in [0.1, 0.15) is 99.4 Å². The second kappa shape index (κ2) is 18.8. The minimum absolute atomic E-state index is 0.0357. The SMILES string of the molecule is CCCC(CC)CCC(CC(C)C)OC(=O)c1c(-c2ccccc2)c(OC(=O)n2nnc3cc(C(=O)OCC(=O)OCC)ccc32)n2nc(-c3ccccc3C)[nH]c12. The number of nitrogens with one attached hydrogen (secondary N) is 1. The molecule has 6 rings (SSSR count). The Labute approximate surface area is 336 Å². The monoisotopic (exact) mass is 790 g/mol. The molecule has 0 aliphatic carbocycles. The van der Waals surface area contributed by atoms with Gasteiger partial charge in [0, 0.05) is 5.56 Å². The summed E-state index contributed by atoms with van der Waals surface area (Å²) >= 11 is 0. The van der Waals surface area contributed by atoms with Crippen LogP contribution in [-0.4, -0.2) is 72.9 Å². The van der Waals surface area contributed by atoms with E-state index in [9.17, 15) is 19.2 Å². The van der Waals surface area contributed by atoms with Gasteiger partial charge in [0.05, 0.1) is 17.7 Å². The maximum Gasteiger partial charge on any atom is 0.443 e. The van der Waals surface area contributed by atoms with Crippen molar-refractivity contribution < 1.29 is 38.1 Å². The maximum atomic E-state index is 14.7. The van der Waals surface area contributed by atoms with Crippen molar-refractivity contribution in [3.63, 3.8) is 0 Å². The maximum absolute atomic E-state index is 14.7. The highest BCUT2D eigenvalue weighted by molar-refractivity contribution is 6.06. The normalized spacial score (nSPS) is 12.5. The molecule has 6 aromatic rings. The van der Waals surface area contributed by atoms with Crippen molar-refractivity contribution in [3.05, 3.63) is 89.5 Å². The van der Waals surface area contributed by atoms with E-state index in [4.69, 9.17) is 24.0 Å². The summed E-state index contributed by atoms with van der Waals surface area (Å²) in [6.07, 6.45) is 4.35. The first-order chi connectivity index (χ1) is 28.0. The third kappa shape index (κ3) is 9.28. The number of aryl methyl sites for hydroxylation is 1. The summed E-state index contributed by atoms with van der Waals surface area (Å²) in [5.74, 6) is -0.780. The lowest BCUT2D eigenvalue weighted by molar-refractivity contribution is -0.146. The molecule has 0 amide bonds. The second-order valence-electron chi connectivity index (χ2n) is 14.7. The number of rotatable bonds is 17. The molecule has 2 unspecified atom stereocenters. The number of aromatic amines is 1. The smallest absolute Gasteiger partial charge is 0.443 e. The molecule has 304 valence electrons. The Morgan fingerprint density at radius 3 is 2.33 bits per heavy atom. The van der Waals surface area contributed by atoms with Crippen molar-refractivity contribution in [2.24, 2.45) is 11.8 Å². The Hall–Kier alpha value is -6.31. The number of carbonyl (C=O) groups is 4. The first-order valence-corrected chi connectivity index (χ1v) is 19.9. The Morgan fingerprint density at radius 1 is 0.862 bits per heavy atom. The lowest BCUT2D eigenvalue weighted by Crippen LogP contribution is -2.22. The van der Waals surface area contributed by atoms with Gasteiger partial charge in [-0.05, 0) is 74.3 Å². The van der Waals surface area contributed by atoms with Crippen LogP contribution in [0.15, 0.2) is 72.8 Å². The average Bonchev–Trinajstić information content (AvgIpc) is 3.91. The Kier molecular flexibility index (Phi) is 13.4. The molecule has 0 bridgehead atoms. The van der Waals surface area contributed by atoms with E-state index in [2.05, 4.69) is 43.0 Å². The summed E-state index contributed by atoms with van der Waals surface area (Å²) in [7, 11) is 0. The molecule has 0 aliphatic heterocycles. The van der Waals surface area contributed by atoms with E-state index in [0.29, 0.717) is 34.9 Å². The van der Waals surface area contributed by atoms with Crippen molar-refractivity contribution >= 4 is 40.7 Å². The van der Waals surface area contributed by atoms with Crippen molar-refractivity contribution in [2.75, 3.05) is 13.2 Å². The van der Waals surface area contributed by atoms with Crippen molar-refractivity contribution in [1.82, 2.24) is 29.6 Å². The van der Waals surface area contributed by atoms with Crippen LogP contribution in [0.3, 0.4) is 0 Å². The molecule has 3 heterocycles. The molecule has 0 saturated carbocycles. The quantitative estimate of drug-likeness (QED) is 0.0691. The highest BCUT2D eigenvalue weighted by atomic mass is 16.6. The van der Waals surface area contributed by atoms with Crippen LogP contribution in [-0.2, 0) is 19.0 Å². The fourth-order valence-corrected chi connectivity index (χ4v) is 7.18. The molecule has 0 radical (unpaired) electrons. The molecule has 0 aliphatic rings. The van der Waals surface area contributed by atoms with Crippen LogP contribution in [0, 0.1) is 18.8 Å². The van der Waals surface area contributed by atoms with E-state index in [1.165, 1.54) is 22.7 Å². The van der Waals surface area contributed by atoms with Gasteiger partial charge in [-0.2, -0.15) is 4.52 Å². The van der Waals surface area contributed by atoms with Gasteiger partial charge in [-0.25, -0.2) is 19.2 Å². The summed E-state index contributed by atoms with van der Waals surface area (Å²) in [5, 5.41) is 13.0. The predicted molar refractivity (Wildman–Crippen MR) is 218 cm³/mol. The van der Waals surface area contributed by atoms with Gasteiger partial charge in [0.1, 0.15) is 22.7 Å². The van der Waals surface area contributed by atoms with E-state index < -0.39 is 30.6 Å². The van der Waals surface area contributed by atoms with Gasteiger partial charge >= 0.3 is 24.0 Å². The molecule has 3 aromatic carbocycles. The standard InChI is InChI=1S/C44H50N6O8/c1-7-15-29(8-2)20-22-32(24-27(4)5)57-43(53)38-37(30-17-11-10-12-18-30)41(50-40(38)45-39(47-50)33-19-14-13-16-28(33)6)58-44(54)49-35-23-21-31(25-34(35)46-48-49)42(52)56-26-36(51)55-9-3/h10-14,16-19,21,23,25,27,29,32H,7-9,15,20,22,24,26H2,1-6H3,(H,45,47). The van der Waals surface area contributed by atoms with Crippen molar-refractivity contribution in [2.45, 2.75) is 86.2 Å². The molecular formula is C44H50N6O8. The zero-order valence-corrected chi connectivity index (χ0v) is 33.8. The van der Waals surface area contributed by atoms with Crippen LogP contribution in [0.2, 0.25) is 0 Å². The molecule has 2 atom stereocenters. The van der Waals surface area contributed by atoms with Crippen LogP contribution in [0.5, 0.6) is 5.88 Å². The minimum atomic E-state index is -0.948. The summed E-state index contributed by atoms with van der Waals surface area (Å²) in [6, 6.07) is 21.1. The lowest BCUT2D eigenvalue weighted by atomic mass is 9.92.